The summed E-state index contributed by atoms with van der Waals surface area (Å²) < 4.78 is 0.958. The van der Waals surface area contributed by atoms with Gasteiger partial charge in [-0.05, 0) is 13.8 Å². The monoisotopic (exact) mass is 233 g/mol. The van der Waals surface area contributed by atoms with Gasteiger partial charge in [0, 0.05) is 0 Å². The van der Waals surface area contributed by atoms with Crippen LogP contribution in [0.4, 0.5) is 0 Å². The molecule has 0 unspecified atom stereocenters. The first-order chi connectivity index (χ1) is 7.55. The molecule has 0 amide bonds. The van der Waals surface area contributed by atoms with Gasteiger partial charge in [0.2, 0.25) is 0 Å². The highest BCUT2D eigenvalue weighted by Gasteiger charge is 2.41. The van der Waals surface area contributed by atoms with Crippen LogP contribution in [-0.4, -0.2) is 25.3 Å². The first-order valence-corrected chi connectivity index (χ1v) is 5.21. The van der Waals surface area contributed by atoms with Crippen molar-refractivity contribution in [3.05, 3.63) is 11.4 Å². The fraction of sp³-hybridized carbons (Fsp3) is 0.333. The zero-order valence-electron chi connectivity index (χ0n) is 8.59. The minimum Gasteiger partial charge on any atom is -0.409 e. The minimum absolute atomic E-state index is 0.0571. The lowest BCUT2D eigenvalue weighted by atomic mass is 10.2. The van der Waals surface area contributed by atoms with Gasteiger partial charge in [-0.15, -0.1) is 0 Å². The number of hydrogen-bond acceptors (Lipinski definition) is 6. The zero-order valence-corrected chi connectivity index (χ0v) is 9.41. The molecular weight excluding hydrogens is 226 g/mol. The van der Waals surface area contributed by atoms with E-state index < -0.39 is 4.75 Å². The van der Waals surface area contributed by atoms with E-state index in [9.17, 15) is 0 Å². The van der Waals surface area contributed by atoms with Gasteiger partial charge in [-0.2, -0.15) is 10.5 Å². The van der Waals surface area contributed by atoms with Crippen LogP contribution >= 0.6 is 11.8 Å². The van der Waals surface area contributed by atoms with Crippen LogP contribution in [0.3, 0.4) is 0 Å². The van der Waals surface area contributed by atoms with Crippen LogP contribution in [-0.2, 0) is 0 Å². The Hall–Kier alpha value is -1.99. The summed E-state index contributed by atoms with van der Waals surface area (Å²) in [5, 5.41) is 30.5. The second kappa shape index (κ2) is 3.26. The molecule has 6 nitrogen and oxygen atoms in total. The van der Waals surface area contributed by atoms with Crippen LogP contribution in [0.5, 0.6) is 0 Å². The summed E-state index contributed by atoms with van der Waals surface area (Å²) in [6, 6.07) is 3.75. The van der Waals surface area contributed by atoms with Gasteiger partial charge in [0.1, 0.15) is 12.1 Å². The maximum atomic E-state index is 8.98. The second-order valence-electron chi connectivity index (χ2n) is 3.69. The van der Waals surface area contributed by atoms with Gasteiger partial charge < -0.3 is 5.21 Å². The van der Waals surface area contributed by atoms with E-state index >= 15 is 0 Å². The summed E-state index contributed by atoms with van der Waals surface area (Å²) in [6.45, 7) is 3.71. The zero-order chi connectivity index (χ0) is 11.9. The SMILES string of the molecule is CC1(C)Sc2nc(C#N)c(C#N)n2/C1=N/O. The van der Waals surface area contributed by atoms with Crippen molar-refractivity contribution >= 4 is 17.6 Å². The van der Waals surface area contributed by atoms with Crippen molar-refractivity contribution in [2.24, 2.45) is 5.16 Å². The van der Waals surface area contributed by atoms with Crippen LogP contribution in [0.2, 0.25) is 0 Å². The largest absolute Gasteiger partial charge is 0.409 e. The number of hydrogen-bond donors (Lipinski definition) is 1. The average molecular weight is 233 g/mol. The molecule has 0 spiro atoms. The molecule has 0 aromatic carbocycles. The third-order valence-electron chi connectivity index (χ3n) is 2.25. The fourth-order valence-electron chi connectivity index (χ4n) is 1.55. The highest BCUT2D eigenvalue weighted by atomic mass is 32.2. The summed E-state index contributed by atoms with van der Waals surface area (Å²) >= 11 is 1.35. The Labute approximate surface area is 95.8 Å². The number of nitriles is 2. The first kappa shape index (κ1) is 10.5. The third-order valence-corrected chi connectivity index (χ3v) is 3.40. The Balaban J connectivity index is 2.74. The molecule has 0 atom stereocenters. The maximum absolute atomic E-state index is 8.98. The Morgan fingerprint density at radius 1 is 1.44 bits per heavy atom. The predicted molar refractivity (Wildman–Crippen MR) is 56.2 cm³/mol. The molecular formula is C9H7N5OS. The van der Waals surface area contributed by atoms with Crippen molar-refractivity contribution in [3.8, 4) is 12.1 Å². The highest BCUT2D eigenvalue weighted by molar-refractivity contribution is 8.01. The van der Waals surface area contributed by atoms with Crippen molar-refractivity contribution in [3.63, 3.8) is 0 Å². The normalized spacial score (nSPS) is 19.1. The topological polar surface area (TPSA) is 98.0 Å². The van der Waals surface area contributed by atoms with Gasteiger partial charge >= 0.3 is 0 Å². The van der Waals surface area contributed by atoms with E-state index in [0.717, 1.165) is 0 Å². The molecule has 80 valence electrons. The molecule has 16 heavy (non-hydrogen) atoms. The van der Waals surface area contributed by atoms with Crippen LogP contribution in [0.15, 0.2) is 10.3 Å². The molecule has 0 saturated carbocycles. The molecule has 0 bridgehead atoms. The Morgan fingerprint density at radius 2 is 2.12 bits per heavy atom. The van der Waals surface area contributed by atoms with E-state index in [1.165, 1.54) is 16.3 Å². The van der Waals surface area contributed by atoms with Crippen LogP contribution in [0.25, 0.3) is 0 Å². The smallest absolute Gasteiger partial charge is 0.178 e. The summed E-state index contributed by atoms with van der Waals surface area (Å²) in [6.07, 6.45) is 0. The van der Waals surface area contributed by atoms with E-state index in [4.69, 9.17) is 15.7 Å². The van der Waals surface area contributed by atoms with Crippen molar-refractivity contribution in [2.45, 2.75) is 23.8 Å². The lowest BCUT2D eigenvalue weighted by Gasteiger charge is -2.15. The number of imidazole rings is 1. The van der Waals surface area contributed by atoms with Gasteiger partial charge in [0.05, 0.1) is 4.75 Å². The number of aromatic nitrogens is 2. The number of oxime groups is 1. The van der Waals surface area contributed by atoms with Gasteiger partial charge in [-0.3, -0.25) is 4.57 Å². The molecule has 0 radical (unpaired) electrons. The van der Waals surface area contributed by atoms with Crippen LogP contribution in [0.1, 0.15) is 25.2 Å². The molecule has 1 aliphatic rings. The fourth-order valence-corrected chi connectivity index (χ4v) is 2.64. The van der Waals surface area contributed by atoms with Crippen LogP contribution < -0.4 is 0 Å². The third kappa shape index (κ3) is 1.19. The lowest BCUT2D eigenvalue weighted by molar-refractivity contribution is 0.314. The molecule has 1 aromatic heterocycles. The van der Waals surface area contributed by atoms with E-state index in [2.05, 4.69) is 10.1 Å². The van der Waals surface area contributed by atoms with E-state index in [-0.39, 0.29) is 11.4 Å². The molecule has 1 N–H and O–H groups in total. The molecule has 2 rings (SSSR count). The number of rotatable bonds is 0. The van der Waals surface area contributed by atoms with Crippen molar-refractivity contribution < 1.29 is 5.21 Å². The van der Waals surface area contributed by atoms with Gasteiger partial charge in [0.15, 0.2) is 22.4 Å². The summed E-state index contributed by atoms with van der Waals surface area (Å²) in [7, 11) is 0. The Morgan fingerprint density at radius 3 is 2.62 bits per heavy atom. The predicted octanol–water partition coefficient (Wildman–Crippen LogP) is 1.15. The molecule has 0 fully saturated rings. The Kier molecular flexibility index (Phi) is 2.14. The van der Waals surface area contributed by atoms with Gasteiger partial charge in [-0.1, -0.05) is 16.9 Å². The summed E-state index contributed by atoms with van der Waals surface area (Å²) in [5.41, 5.74) is 0.171. The number of fused-ring (bicyclic) bond motifs is 1. The maximum Gasteiger partial charge on any atom is 0.178 e. The Bertz CT molecular complexity index is 572. The van der Waals surface area contributed by atoms with Gasteiger partial charge in [0.25, 0.3) is 0 Å². The van der Waals surface area contributed by atoms with E-state index in [1.807, 2.05) is 26.0 Å². The molecule has 2 heterocycles. The number of nitrogens with zero attached hydrogens (tertiary/aromatic N) is 5. The second-order valence-corrected chi connectivity index (χ2v) is 5.28. The lowest BCUT2D eigenvalue weighted by Crippen LogP contribution is -2.28. The standard InChI is InChI=1S/C9H7N5OS/c1-9(2)7(13-15)14-6(4-11)5(3-10)12-8(14)16-9/h15H,1-2H3/b13-7+. The van der Waals surface area contributed by atoms with Crippen molar-refractivity contribution in [2.75, 3.05) is 0 Å². The average Bonchev–Trinajstić information content (AvgIpc) is 2.67. The first-order valence-electron chi connectivity index (χ1n) is 4.40. The molecule has 7 heteroatoms. The molecule has 1 aromatic rings. The quantitative estimate of drug-likeness (QED) is 0.535. The van der Waals surface area contributed by atoms with E-state index in [1.54, 1.807) is 0 Å². The minimum atomic E-state index is -0.462. The molecule has 0 aliphatic carbocycles. The van der Waals surface area contributed by atoms with Crippen molar-refractivity contribution in [1.82, 2.24) is 9.55 Å². The summed E-state index contributed by atoms with van der Waals surface area (Å²) in [5.74, 6) is 0.318. The van der Waals surface area contributed by atoms with Crippen molar-refractivity contribution in [1.29, 1.82) is 10.5 Å². The van der Waals surface area contributed by atoms with Gasteiger partial charge in [-0.25, -0.2) is 4.98 Å². The van der Waals surface area contributed by atoms with E-state index in [0.29, 0.717) is 11.0 Å². The van der Waals surface area contributed by atoms with Crippen LogP contribution in [0, 0.1) is 22.7 Å². The molecule has 1 aliphatic heterocycles. The summed E-state index contributed by atoms with van der Waals surface area (Å²) in [4.78, 5) is 4.02. The molecule has 0 saturated heterocycles. The highest BCUT2D eigenvalue weighted by Crippen LogP contribution is 2.41. The number of thioether (sulfide) groups is 1.